The van der Waals surface area contributed by atoms with Crippen LogP contribution in [0.15, 0.2) is 12.1 Å². The van der Waals surface area contributed by atoms with E-state index in [0.717, 1.165) is 38.2 Å². The van der Waals surface area contributed by atoms with Gasteiger partial charge in [0.05, 0.1) is 11.4 Å². The van der Waals surface area contributed by atoms with Gasteiger partial charge in [0.1, 0.15) is 0 Å². The number of anilines is 2. The van der Waals surface area contributed by atoms with Gasteiger partial charge in [-0.15, -0.1) is 0 Å². The van der Waals surface area contributed by atoms with Crippen molar-refractivity contribution in [1.29, 1.82) is 0 Å². The number of hydrogen-bond acceptors (Lipinski definition) is 2. The predicted molar refractivity (Wildman–Crippen MR) is 66.0 cm³/mol. The Balaban J connectivity index is 2.09. The van der Waals surface area contributed by atoms with Gasteiger partial charge < -0.3 is 11.1 Å². The molecule has 98 valence electrons. The molecule has 1 saturated carbocycles. The predicted octanol–water partition coefficient (Wildman–Crippen LogP) is 3.07. The first-order valence-corrected chi connectivity index (χ1v) is 6.14. The third-order valence-electron chi connectivity index (χ3n) is 3.37. The van der Waals surface area contributed by atoms with E-state index in [-0.39, 0.29) is 23.2 Å². The highest BCUT2D eigenvalue weighted by Gasteiger charge is 2.22. The quantitative estimate of drug-likeness (QED) is 0.797. The fourth-order valence-electron chi connectivity index (χ4n) is 2.27. The van der Waals surface area contributed by atoms with E-state index in [1.165, 1.54) is 6.07 Å². The van der Waals surface area contributed by atoms with Crippen LogP contribution in [0, 0.1) is 17.6 Å². The Morgan fingerprint density at radius 2 is 1.89 bits per heavy atom. The molecule has 3 nitrogen and oxygen atoms in total. The van der Waals surface area contributed by atoms with E-state index in [2.05, 4.69) is 5.32 Å². The second-order valence-corrected chi connectivity index (χ2v) is 4.65. The summed E-state index contributed by atoms with van der Waals surface area (Å²) < 4.78 is 26.1. The maximum absolute atomic E-state index is 13.2. The van der Waals surface area contributed by atoms with Gasteiger partial charge in [-0.3, -0.25) is 4.79 Å². The Hall–Kier alpha value is -1.65. The molecule has 0 aliphatic heterocycles. The van der Waals surface area contributed by atoms with Crippen LogP contribution in [-0.4, -0.2) is 5.91 Å². The molecule has 2 rings (SSSR count). The van der Waals surface area contributed by atoms with Crippen molar-refractivity contribution < 1.29 is 13.6 Å². The van der Waals surface area contributed by atoms with Gasteiger partial charge in [0, 0.05) is 5.92 Å². The minimum atomic E-state index is -1.11. The normalized spacial score (nSPS) is 16.6. The van der Waals surface area contributed by atoms with Crippen molar-refractivity contribution in [2.45, 2.75) is 32.1 Å². The number of amides is 1. The SMILES string of the molecule is Nc1c(NC(=O)C2CCCCC2)ccc(F)c1F. The molecular formula is C13H16F2N2O. The summed E-state index contributed by atoms with van der Waals surface area (Å²) in [5, 5.41) is 2.58. The number of halogens is 2. The summed E-state index contributed by atoms with van der Waals surface area (Å²) in [4.78, 5) is 11.9. The molecule has 18 heavy (non-hydrogen) atoms. The summed E-state index contributed by atoms with van der Waals surface area (Å²) in [5.74, 6) is -2.33. The first kappa shape index (κ1) is 12.8. The van der Waals surface area contributed by atoms with Crippen LogP contribution in [0.2, 0.25) is 0 Å². The second-order valence-electron chi connectivity index (χ2n) is 4.65. The average Bonchev–Trinajstić information content (AvgIpc) is 2.40. The Morgan fingerprint density at radius 3 is 2.56 bits per heavy atom. The molecule has 0 aromatic heterocycles. The molecule has 1 fully saturated rings. The van der Waals surface area contributed by atoms with Gasteiger partial charge in [-0.05, 0) is 25.0 Å². The number of nitrogens with one attached hydrogen (secondary N) is 1. The minimum Gasteiger partial charge on any atom is -0.395 e. The first-order chi connectivity index (χ1) is 8.59. The zero-order valence-corrected chi connectivity index (χ0v) is 10.0. The number of benzene rings is 1. The molecule has 1 amide bonds. The van der Waals surface area contributed by atoms with Crippen LogP contribution in [0.3, 0.4) is 0 Å². The maximum Gasteiger partial charge on any atom is 0.227 e. The lowest BCUT2D eigenvalue weighted by Crippen LogP contribution is -2.25. The molecule has 0 unspecified atom stereocenters. The van der Waals surface area contributed by atoms with Crippen LogP contribution < -0.4 is 11.1 Å². The fourth-order valence-corrected chi connectivity index (χ4v) is 2.27. The van der Waals surface area contributed by atoms with Crippen molar-refractivity contribution in [3.8, 4) is 0 Å². The molecule has 5 heteroatoms. The van der Waals surface area contributed by atoms with Crippen molar-refractivity contribution in [2.75, 3.05) is 11.1 Å². The lowest BCUT2D eigenvalue weighted by Gasteiger charge is -2.21. The molecule has 0 radical (unpaired) electrons. The third-order valence-corrected chi connectivity index (χ3v) is 3.37. The molecule has 0 bridgehead atoms. The van der Waals surface area contributed by atoms with Crippen LogP contribution in [-0.2, 0) is 4.79 Å². The topological polar surface area (TPSA) is 55.1 Å². The number of rotatable bonds is 2. The van der Waals surface area contributed by atoms with Gasteiger partial charge >= 0.3 is 0 Å². The van der Waals surface area contributed by atoms with Gasteiger partial charge in [0.25, 0.3) is 0 Å². The van der Waals surface area contributed by atoms with Crippen LogP contribution in [0.1, 0.15) is 32.1 Å². The van der Waals surface area contributed by atoms with Gasteiger partial charge in [0.2, 0.25) is 5.91 Å². The molecular weight excluding hydrogens is 238 g/mol. The standard InChI is InChI=1S/C13H16F2N2O/c14-9-6-7-10(12(16)11(9)15)17-13(18)8-4-2-1-3-5-8/h6-8H,1-5,16H2,(H,17,18). The van der Waals surface area contributed by atoms with Crippen molar-refractivity contribution >= 4 is 17.3 Å². The van der Waals surface area contributed by atoms with Crippen LogP contribution in [0.5, 0.6) is 0 Å². The van der Waals surface area contributed by atoms with Crippen LogP contribution >= 0.6 is 0 Å². The summed E-state index contributed by atoms with van der Waals surface area (Å²) in [7, 11) is 0. The molecule has 1 aromatic rings. The van der Waals surface area contributed by atoms with E-state index in [1.54, 1.807) is 0 Å². The Kier molecular flexibility index (Phi) is 3.79. The molecule has 0 atom stereocenters. The van der Waals surface area contributed by atoms with E-state index in [4.69, 9.17) is 5.73 Å². The average molecular weight is 254 g/mol. The van der Waals surface area contributed by atoms with E-state index in [9.17, 15) is 13.6 Å². The van der Waals surface area contributed by atoms with Gasteiger partial charge in [-0.2, -0.15) is 0 Å². The summed E-state index contributed by atoms with van der Waals surface area (Å²) in [6, 6.07) is 2.25. The van der Waals surface area contributed by atoms with Crippen LogP contribution in [0.25, 0.3) is 0 Å². The fraction of sp³-hybridized carbons (Fsp3) is 0.462. The highest BCUT2D eigenvalue weighted by Crippen LogP contribution is 2.28. The number of carbonyl (C=O) groups is 1. The lowest BCUT2D eigenvalue weighted by atomic mass is 9.88. The van der Waals surface area contributed by atoms with Crippen LogP contribution in [0.4, 0.5) is 20.2 Å². The minimum absolute atomic E-state index is 0.0498. The molecule has 1 aliphatic rings. The van der Waals surface area contributed by atoms with Crippen molar-refractivity contribution in [3.05, 3.63) is 23.8 Å². The van der Waals surface area contributed by atoms with Gasteiger partial charge in [-0.25, -0.2) is 8.78 Å². The zero-order chi connectivity index (χ0) is 13.1. The molecule has 0 heterocycles. The third kappa shape index (κ3) is 2.60. The molecule has 3 N–H and O–H groups in total. The number of hydrogen-bond donors (Lipinski definition) is 2. The molecule has 1 aliphatic carbocycles. The molecule has 0 spiro atoms. The second kappa shape index (κ2) is 5.33. The summed E-state index contributed by atoms with van der Waals surface area (Å²) >= 11 is 0. The Morgan fingerprint density at radius 1 is 1.22 bits per heavy atom. The smallest absolute Gasteiger partial charge is 0.227 e. The van der Waals surface area contributed by atoms with E-state index in [0.29, 0.717) is 0 Å². The summed E-state index contributed by atoms with van der Waals surface area (Å²) in [5.41, 5.74) is 5.23. The first-order valence-electron chi connectivity index (χ1n) is 6.14. The highest BCUT2D eigenvalue weighted by atomic mass is 19.2. The summed E-state index contributed by atoms with van der Waals surface area (Å²) in [6.07, 6.45) is 4.90. The lowest BCUT2D eigenvalue weighted by molar-refractivity contribution is -0.120. The van der Waals surface area contributed by atoms with Crippen molar-refractivity contribution in [2.24, 2.45) is 5.92 Å². The largest absolute Gasteiger partial charge is 0.395 e. The van der Waals surface area contributed by atoms with Crippen molar-refractivity contribution in [1.82, 2.24) is 0 Å². The number of nitrogen functional groups attached to an aromatic ring is 1. The Bertz CT molecular complexity index is 457. The molecule has 0 saturated heterocycles. The molecule has 1 aromatic carbocycles. The summed E-state index contributed by atoms with van der Waals surface area (Å²) in [6.45, 7) is 0. The number of nitrogens with two attached hydrogens (primary N) is 1. The van der Waals surface area contributed by atoms with E-state index >= 15 is 0 Å². The maximum atomic E-state index is 13.2. The van der Waals surface area contributed by atoms with E-state index < -0.39 is 11.6 Å². The number of carbonyl (C=O) groups excluding carboxylic acids is 1. The van der Waals surface area contributed by atoms with Crippen molar-refractivity contribution in [3.63, 3.8) is 0 Å². The van der Waals surface area contributed by atoms with Gasteiger partial charge in [0.15, 0.2) is 11.6 Å². The zero-order valence-electron chi connectivity index (χ0n) is 10.0. The highest BCUT2D eigenvalue weighted by molar-refractivity contribution is 5.95. The monoisotopic (exact) mass is 254 g/mol. The van der Waals surface area contributed by atoms with E-state index in [1.807, 2.05) is 0 Å². The Labute approximate surface area is 104 Å². The van der Waals surface area contributed by atoms with Gasteiger partial charge in [-0.1, -0.05) is 19.3 Å².